The minimum absolute atomic E-state index is 0.176. The summed E-state index contributed by atoms with van der Waals surface area (Å²) in [6.07, 6.45) is 3.98. The topological polar surface area (TPSA) is 73.3 Å². The molecule has 2 aromatic heterocycles. The molecule has 0 unspecified atom stereocenters. The van der Waals surface area contributed by atoms with Gasteiger partial charge in [0.05, 0.1) is 28.4 Å². The van der Waals surface area contributed by atoms with Crippen molar-refractivity contribution in [3.63, 3.8) is 0 Å². The first kappa shape index (κ1) is 13.6. The molecule has 6 heteroatoms. The smallest absolute Gasteiger partial charge is 0.145 e. The fraction of sp³-hybridized carbons (Fsp3) is 0.312. The number of rotatable bonds is 3. The van der Waals surface area contributed by atoms with Gasteiger partial charge in [-0.05, 0) is 25.0 Å². The zero-order chi connectivity index (χ0) is 15.1. The first-order valence-electron chi connectivity index (χ1n) is 7.37. The largest absolute Gasteiger partial charge is 0.506 e. The quantitative estimate of drug-likeness (QED) is 0.778. The van der Waals surface area contributed by atoms with Crippen molar-refractivity contribution in [3.8, 4) is 16.3 Å². The van der Waals surface area contributed by atoms with E-state index in [1.807, 2.05) is 28.8 Å². The summed E-state index contributed by atoms with van der Waals surface area (Å²) in [5.74, 6) is 0.724. The molecule has 3 heterocycles. The monoisotopic (exact) mass is 315 g/mol. The highest BCUT2D eigenvalue weighted by Crippen LogP contribution is 2.40. The highest BCUT2D eigenvalue weighted by Gasteiger charge is 2.22. The number of ether oxygens (including phenoxy) is 1. The molecule has 0 spiro atoms. The van der Waals surface area contributed by atoms with Crippen molar-refractivity contribution >= 4 is 27.4 Å². The lowest BCUT2D eigenvalue weighted by Gasteiger charge is -2.11. The minimum Gasteiger partial charge on any atom is -0.506 e. The fourth-order valence-corrected chi connectivity index (χ4v) is 3.94. The van der Waals surface area contributed by atoms with Crippen LogP contribution in [0.3, 0.4) is 0 Å². The summed E-state index contributed by atoms with van der Waals surface area (Å²) >= 11 is 1.54. The second-order valence-corrected chi connectivity index (χ2v) is 6.58. The number of fused-ring (bicyclic) bond motifs is 1. The second kappa shape index (κ2) is 5.30. The molecule has 0 aliphatic carbocycles. The van der Waals surface area contributed by atoms with Crippen molar-refractivity contribution in [2.24, 2.45) is 0 Å². The summed E-state index contributed by atoms with van der Waals surface area (Å²) in [7, 11) is 0. The molecular weight excluding hydrogens is 298 g/mol. The lowest BCUT2D eigenvalue weighted by Crippen LogP contribution is -2.15. The van der Waals surface area contributed by atoms with Crippen LogP contribution in [-0.4, -0.2) is 27.4 Å². The number of nitrogens with zero attached hydrogens (tertiary/aromatic N) is 2. The van der Waals surface area contributed by atoms with Crippen molar-refractivity contribution in [2.45, 2.75) is 25.5 Å². The Morgan fingerprint density at radius 2 is 2.27 bits per heavy atom. The maximum Gasteiger partial charge on any atom is 0.145 e. The number of nitrogen functional groups attached to an aromatic ring is 1. The van der Waals surface area contributed by atoms with Crippen molar-refractivity contribution in [2.75, 3.05) is 12.3 Å². The van der Waals surface area contributed by atoms with E-state index in [2.05, 4.69) is 4.98 Å². The average Bonchev–Trinajstić information content (AvgIpc) is 3.19. The van der Waals surface area contributed by atoms with Gasteiger partial charge in [0.2, 0.25) is 0 Å². The number of anilines is 1. The van der Waals surface area contributed by atoms with E-state index < -0.39 is 0 Å². The van der Waals surface area contributed by atoms with Crippen LogP contribution in [0.5, 0.6) is 5.75 Å². The summed E-state index contributed by atoms with van der Waals surface area (Å²) < 4.78 is 8.60. The van der Waals surface area contributed by atoms with Gasteiger partial charge in [0, 0.05) is 12.8 Å². The molecule has 0 amide bonds. The number of hydrogen-bond acceptors (Lipinski definition) is 5. The molecule has 0 radical (unpaired) electrons. The number of benzene rings is 1. The van der Waals surface area contributed by atoms with Gasteiger partial charge in [-0.25, -0.2) is 4.98 Å². The molecular formula is C16H17N3O2S. The molecule has 1 aliphatic rings. The predicted octanol–water partition coefficient (Wildman–Crippen LogP) is 3.23. The molecule has 1 atom stereocenters. The SMILES string of the molecule is Nc1c(-c2nc3ccccc3s2)c(O)cn1C[C@@H]1CCCO1. The molecule has 3 N–H and O–H groups in total. The maximum absolute atomic E-state index is 10.3. The summed E-state index contributed by atoms with van der Waals surface area (Å²) in [5.41, 5.74) is 7.80. The molecule has 0 saturated carbocycles. The van der Waals surface area contributed by atoms with Crippen LogP contribution in [0.15, 0.2) is 30.5 Å². The van der Waals surface area contributed by atoms with Gasteiger partial charge in [0.1, 0.15) is 16.6 Å². The third kappa shape index (κ3) is 2.24. The number of aromatic nitrogens is 2. The van der Waals surface area contributed by atoms with Gasteiger partial charge in [0.15, 0.2) is 0 Å². The van der Waals surface area contributed by atoms with E-state index >= 15 is 0 Å². The van der Waals surface area contributed by atoms with E-state index in [-0.39, 0.29) is 11.9 Å². The Hall–Kier alpha value is -2.05. The Morgan fingerprint density at radius 1 is 1.41 bits per heavy atom. The fourth-order valence-electron chi connectivity index (χ4n) is 2.91. The van der Waals surface area contributed by atoms with Crippen molar-refractivity contribution in [1.82, 2.24) is 9.55 Å². The molecule has 5 nitrogen and oxygen atoms in total. The Kier molecular flexibility index (Phi) is 3.28. The van der Waals surface area contributed by atoms with E-state index in [1.54, 1.807) is 6.20 Å². The van der Waals surface area contributed by atoms with Crippen LogP contribution < -0.4 is 5.73 Å². The lowest BCUT2D eigenvalue weighted by molar-refractivity contribution is 0.0975. The molecule has 1 aromatic carbocycles. The van der Waals surface area contributed by atoms with Gasteiger partial charge in [-0.1, -0.05) is 12.1 Å². The van der Waals surface area contributed by atoms with E-state index in [0.717, 1.165) is 34.7 Å². The number of hydrogen-bond donors (Lipinski definition) is 2. The van der Waals surface area contributed by atoms with Crippen molar-refractivity contribution in [1.29, 1.82) is 0 Å². The van der Waals surface area contributed by atoms with Crippen LogP contribution in [0.1, 0.15) is 12.8 Å². The van der Waals surface area contributed by atoms with Crippen LogP contribution in [-0.2, 0) is 11.3 Å². The lowest BCUT2D eigenvalue weighted by atomic mass is 10.2. The molecule has 0 bridgehead atoms. The highest BCUT2D eigenvalue weighted by atomic mass is 32.1. The van der Waals surface area contributed by atoms with E-state index in [9.17, 15) is 5.11 Å². The third-order valence-corrected chi connectivity index (χ3v) is 5.09. The van der Waals surface area contributed by atoms with E-state index in [1.165, 1.54) is 11.3 Å². The van der Waals surface area contributed by atoms with Gasteiger partial charge in [0.25, 0.3) is 0 Å². The molecule has 4 rings (SSSR count). The van der Waals surface area contributed by atoms with E-state index in [0.29, 0.717) is 17.9 Å². The highest BCUT2D eigenvalue weighted by molar-refractivity contribution is 7.21. The predicted molar refractivity (Wildman–Crippen MR) is 88.1 cm³/mol. The molecule has 3 aromatic rings. The molecule has 1 fully saturated rings. The summed E-state index contributed by atoms with van der Waals surface area (Å²) in [5, 5.41) is 11.0. The van der Waals surface area contributed by atoms with Gasteiger partial charge >= 0.3 is 0 Å². The van der Waals surface area contributed by atoms with Crippen LogP contribution in [0, 0.1) is 0 Å². The Balaban J connectivity index is 1.73. The Bertz CT molecular complexity index is 785. The van der Waals surface area contributed by atoms with Crippen LogP contribution >= 0.6 is 11.3 Å². The van der Waals surface area contributed by atoms with Crippen LogP contribution in [0.25, 0.3) is 20.8 Å². The maximum atomic E-state index is 10.3. The number of thiazole rings is 1. The normalized spacial score (nSPS) is 18.3. The van der Waals surface area contributed by atoms with Gasteiger partial charge in [-0.3, -0.25) is 0 Å². The summed E-state index contributed by atoms with van der Waals surface area (Å²) in [4.78, 5) is 4.58. The van der Waals surface area contributed by atoms with Gasteiger partial charge in [-0.15, -0.1) is 11.3 Å². The minimum atomic E-state index is 0.176. The number of nitrogens with two attached hydrogens (primary N) is 1. The summed E-state index contributed by atoms with van der Waals surface area (Å²) in [6.45, 7) is 1.48. The summed E-state index contributed by atoms with van der Waals surface area (Å²) in [6, 6.07) is 7.92. The standard InChI is InChI=1S/C16H17N3O2S/c17-15-14(16-18-11-5-1-2-6-13(11)22-16)12(20)9-19(15)8-10-4-3-7-21-10/h1-2,5-6,9-10,20H,3-4,7-8,17H2/t10-/m0/s1. The molecule has 1 aliphatic heterocycles. The first-order valence-corrected chi connectivity index (χ1v) is 8.19. The Labute approximate surface area is 132 Å². The first-order chi connectivity index (χ1) is 10.7. The van der Waals surface area contributed by atoms with Crippen LogP contribution in [0.4, 0.5) is 5.82 Å². The molecule has 22 heavy (non-hydrogen) atoms. The van der Waals surface area contributed by atoms with Crippen molar-refractivity contribution < 1.29 is 9.84 Å². The van der Waals surface area contributed by atoms with Crippen LogP contribution in [0.2, 0.25) is 0 Å². The van der Waals surface area contributed by atoms with Gasteiger partial charge < -0.3 is 20.1 Å². The second-order valence-electron chi connectivity index (χ2n) is 5.55. The Morgan fingerprint density at radius 3 is 3.05 bits per heavy atom. The van der Waals surface area contributed by atoms with Crippen molar-refractivity contribution in [3.05, 3.63) is 30.5 Å². The zero-order valence-corrected chi connectivity index (χ0v) is 12.8. The molecule has 1 saturated heterocycles. The molecule has 114 valence electrons. The zero-order valence-electron chi connectivity index (χ0n) is 12.0. The number of aromatic hydroxyl groups is 1. The number of para-hydroxylation sites is 1. The third-order valence-electron chi connectivity index (χ3n) is 4.03. The van der Waals surface area contributed by atoms with E-state index in [4.69, 9.17) is 10.5 Å². The van der Waals surface area contributed by atoms with Gasteiger partial charge in [-0.2, -0.15) is 0 Å². The average molecular weight is 315 g/mol.